The molecular formula is C12H11Cl2N3O3S. The van der Waals surface area contributed by atoms with E-state index in [9.17, 15) is 13.2 Å². The molecule has 0 fully saturated rings. The van der Waals surface area contributed by atoms with E-state index in [1.54, 1.807) is 6.92 Å². The minimum Gasteiger partial charge on any atom is -0.314 e. The summed E-state index contributed by atoms with van der Waals surface area (Å²) in [6, 6.07) is 3.88. The summed E-state index contributed by atoms with van der Waals surface area (Å²) >= 11 is 11.4. The number of sulfonamides is 1. The minimum atomic E-state index is -3.86. The quantitative estimate of drug-likeness (QED) is 0.860. The molecule has 1 N–H and O–H groups in total. The monoisotopic (exact) mass is 347 g/mol. The van der Waals surface area contributed by atoms with Crippen LogP contribution in [0.4, 0.5) is 5.69 Å². The van der Waals surface area contributed by atoms with Crippen LogP contribution in [0.15, 0.2) is 40.3 Å². The van der Waals surface area contributed by atoms with Crippen LogP contribution in [0.3, 0.4) is 0 Å². The molecule has 0 atom stereocenters. The second kappa shape index (κ2) is 6.05. The first kappa shape index (κ1) is 15.8. The van der Waals surface area contributed by atoms with Gasteiger partial charge in [0.05, 0.1) is 10.7 Å². The van der Waals surface area contributed by atoms with Gasteiger partial charge in [0.2, 0.25) is 0 Å². The summed E-state index contributed by atoms with van der Waals surface area (Å²) in [4.78, 5) is 15.0. The molecule has 6 nitrogen and oxygen atoms in total. The maximum Gasteiger partial charge on any atom is 0.263 e. The lowest BCUT2D eigenvalue weighted by Gasteiger charge is -2.10. The third-order valence-electron chi connectivity index (χ3n) is 2.66. The molecule has 0 aliphatic carbocycles. The van der Waals surface area contributed by atoms with Crippen molar-refractivity contribution in [3.8, 4) is 0 Å². The van der Waals surface area contributed by atoms with Gasteiger partial charge in [-0.05, 0) is 19.1 Å². The summed E-state index contributed by atoms with van der Waals surface area (Å²) in [6.07, 6.45) is 2.53. The van der Waals surface area contributed by atoms with Crippen LogP contribution in [0, 0.1) is 0 Å². The molecule has 0 radical (unpaired) electrons. The highest BCUT2D eigenvalue weighted by Crippen LogP contribution is 2.23. The van der Waals surface area contributed by atoms with Gasteiger partial charge in [0.25, 0.3) is 15.6 Å². The van der Waals surface area contributed by atoms with E-state index in [4.69, 9.17) is 23.2 Å². The molecule has 0 aliphatic heterocycles. The summed E-state index contributed by atoms with van der Waals surface area (Å²) in [5.41, 5.74) is 0.0548. The van der Waals surface area contributed by atoms with Gasteiger partial charge in [-0.25, -0.2) is 13.4 Å². The Kier molecular flexibility index (Phi) is 4.55. The lowest BCUT2D eigenvalue weighted by molar-refractivity contribution is 0.600. The molecule has 2 heterocycles. The van der Waals surface area contributed by atoms with Crippen LogP contribution < -0.4 is 10.3 Å². The molecule has 0 bridgehead atoms. The number of anilines is 1. The Balaban J connectivity index is 2.37. The first-order valence-corrected chi connectivity index (χ1v) is 8.12. The van der Waals surface area contributed by atoms with E-state index in [1.165, 1.54) is 29.0 Å². The number of aromatic nitrogens is 2. The molecule has 0 aromatic carbocycles. The van der Waals surface area contributed by atoms with Crippen LogP contribution in [0.1, 0.15) is 6.92 Å². The zero-order valence-electron chi connectivity index (χ0n) is 10.9. The largest absolute Gasteiger partial charge is 0.314 e. The average Bonchev–Trinajstić information content (AvgIpc) is 2.43. The van der Waals surface area contributed by atoms with Crippen molar-refractivity contribution in [2.45, 2.75) is 18.4 Å². The summed E-state index contributed by atoms with van der Waals surface area (Å²) in [5, 5.41) is 0.0632. The molecule has 2 aromatic heterocycles. The van der Waals surface area contributed by atoms with Gasteiger partial charge in [-0.2, -0.15) is 0 Å². The van der Waals surface area contributed by atoms with E-state index in [0.717, 1.165) is 6.20 Å². The number of hydrogen-bond acceptors (Lipinski definition) is 4. The second-order valence-corrected chi connectivity index (χ2v) is 6.54. The third-order valence-corrected chi connectivity index (χ3v) is 4.69. The maximum absolute atomic E-state index is 12.2. The van der Waals surface area contributed by atoms with Crippen molar-refractivity contribution in [1.29, 1.82) is 0 Å². The maximum atomic E-state index is 12.2. The van der Waals surface area contributed by atoms with Crippen molar-refractivity contribution in [2.24, 2.45) is 0 Å². The molecule has 9 heteroatoms. The smallest absolute Gasteiger partial charge is 0.263 e. The molecule has 0 amide bonds. The van der Waals surface area contributed by atoms with Crippen molar-refractivity contribution >= 4 is 38.9 Å². The fourth-order valence-electron chi connectivity index (χ4n) is 1.60. The lowest BCUT2D eigenvalue weighted by atomic mass is 10.4. The van der Waals surface area contributed by atoms with Crippen molar-refractivity contribution < 1.29 is 8.42 Å². The molecule has 2 aromatic rings. The summed E-state index contributed by atoms with van der Waals surface area (Å²) in [7, 11) is -3.86. The highest BCUT2D eigenvalue weighted by atomic mass is 35.5. The number of pyridine rings is 2. The average molecular weight is 348 g/mol. The van der Waals surface area contributed by atoms with Crippen LogP contribution in [0.25, 0.3) is 0 Å². The van der Waals surface area contributed by atoms with Gasteiger partial charge in [0.15, 0.2) is 0 Å². The standard InChI is InChI=1S/C12H11Cl2N3O3S/c1-2-17-7-8(3-4-11(17)18)16-21(19,20)9-5-10(13)12(14)15-6-9/h3-7,16H,2H2,1H3. The van der Waals surface area contributed by atoms with E-state index in [-0.39, 0.29) is 26.3 Å². The van der Waals surface area contributed by atoms with E-state index >= 15 is 0 Å². The van der Waals surface area contributed by atoms with Crippen LogP contribution in [0.2, 0.25) is 10.2 Å². The number of rotatable bonds is 4. The van der Waals surface area contributed by atoms with Gasteiger partial charge in [-0.15, -0.1) is 0 Å². The molecule has 0 aliphatic rings. The molecular weight excluding hydrogens is 337 g/mol. The van der Waals surface area contributed by atoms with Crippen molar-refractivity contribution in [3.63, 3.8) is 0 Å². The normalized spacial score (nSPS) is 11.4. The highest BCUT2D eigenvalue weighted by Gasteiger charge is 2.16. The van der Waals surface area contributed by atoms with Gasteiger partial charge in [-0.1, -0.05) is 23.2 Å². The Morgan fingerprint density at radius 2 is 2.05 bits per heavy atom. The molecule has 112 valence electrons. The summed E-state index contributed by atoms with van der Waals surface area (Å²) in [5.74, 6) is 0. The van der Waals surface area contributed by atoms with Crippen molar-refractivity contribution in [3.05, 3.63) is 51.1 Å². The van der Waals surface area contributed by atoms with Crippen LogP contribution in [-0.4, -0.2) is 18.0 Å². The Bertz CT molecular complexity index is 834. The third kappa shape index (κ3) is 3.55. The Morgan fingerprint density at radius 1 is 1.33 bits per heavy atom. The van der Waals surface area contributed by atoms with Gasteiger partial charge in [0.1, 0.15) is 10.0 Å². The second-order valence-electron chi connectivity index (χ2n) is 4.09. The minimum absolute atomic E-state index is 0.0233. The summed E-state index contributed by atoms with van der Waals surface area (Å²) in [6.45, 7) is 2.21. The van der Waals surface area contributed by atoms with Gasteiger partial charge in [-0.3, -0.25) is 9.52 Å². The van der Waals surface area contributed by atoms with Crippen molar-refractivity contribution in [2.75, 3.05) is 4.72 Å². The SMILES string of the molecule is CCn1cc(NS(=O)(=O)c2cnc(Cl)c(Cl)c2)ccc1=O. The Hall–Kier alpha value is -1.57. The zero-order chi connectivity index (χ0) is 15.6. The van der Waals surface area contributed by atoms with E-state index in [2.05, 4.69) is 9.71 Å². The molecule has 21 heavy (non-hydrogen) atoms. The molecule has 0 saturated heterocycles. The fourth-order valence-corrected chi connectivity index (χ4v) is 2.95. The summed E-state index contributed by atoms with van der Waals surface area (Å²) < 4.78 is 28.2. The zero-order valence-corrected chi connectivity index (χ0v) is 13.2. The first-order chi connectivity index (χ1) is 9.83. The number of hydrogen-bond donors (Lipinski definition) is 1. The molecule has 2 rings (SSSR count). The van der Waals surface area contributed by atoms with Crippen LogP contribution in [0.5, 0.6) is 0 Å². The topological polar surface area (TPSA) is 81.1 Å². The van der Waals surface area contributed by atoms with E-state index < -0.39 is 10.0 Å². The lowest BCUT2D eigenvalue weighted by Crippen LogP contribution is -2.20. The number of nitrogens with one attached hydrogen (secondary N) is 1. The van der Waals surface area contributed by atoms with E-state index in [1.807, 2.05) is 0 Å². The van der Waals surface area contributed by atoms with Crippen LogP contribution in [-0.2, 0) is 16.6 Å². The predicted octanol–water partition coefficient (Wildman–Crippen LogP) is 2.37. The van der Waals surface area contributed by atoms with E-state index in [0.29, 0.717) is 6.54 Å². The highest BCUT2D eigenvalue weighted by molar-refractivity contribution is 7.92. The number of halogens is 2. The van der Waals surface area contributed by atoms with Gasteiger partial charge >= 0.3 is 0 Å². The number of nitrogens with zero attached hydrogens (tertiary/aromatic N) is 2. The molecule has 0 spiro atoms. The molecule has 0 unspecified atom stereocenters. The molecule has 0 saturated carbocycles. The van der Waals surface area contributed by atoms with Crippen LogP contribution >= 0.6 is 23.2 Å². The number of aryl methyl sites for hydroxylation is 1. The predicted molar refractivity (Wildman–Crippen MR) is 81.4 cm³/mol. The Morgan fingerprint density at radius 3 is 2.67 bits per heavy atom. The van der Waals surface area contributed by atoms with Crippen molar-refractivity contribution in [1.82, 2.24) is 9.55 Å². The fraction of sp³-hybridized carbons (Fsp3) is 0.167. The van der Waals surface area contributed by atoms with Gasteiger partial charge < -0.3 is 4.57 Å². The van der Waals surface area contributed by atoms with Gasteiger partial charge in [0, 0.05) is 25.0 Å². The Labute approximate surface area is 131 Å². The first-order valence-electron chi connectivity index (χ1n) is 5.88.